The van der Waals surface area contributed by atoms with Gasteiger partial charge in [-0.25, -0.2) is 0 Å². The van der Waals surface area contributed by atoms with Crippen LogP contribution in [-0.4, -0.2) is 17.4 Å². The van der Waals surface area contributed by atoms with Gasteiger partial charge in [-0.15, -0.1) is 0 Å². The van der Waals surface area contributed by atoms with Gasteiger partial charge >= 0.3 is 5.97 Å². The van der Waals surface area contributed by atoms with Crippen molar-refractivity contribution in [3.8, 4) is 0 Å². The summed E-state index contributed by atoms with van der Waals surface area (Å²) in [6, 6.07) is 0. The van der Waals surface area contributed by atoms with Crippen molar-refractivity contribution >= 4 is 12.3 Å². The molecule has 68 valence electrons. The van der Waals surface area contributed by atoms with E-state index in [1.165, 1.54) is 0 Å². The molecule has 12 heavy (non-hydrogen) atoms. The minimum absolute atomic E-state index is 0.0175. The smallest absolute Gasteiger partial charge is 0.306 e. The van der Waals surface area contributed by atoms with Crippen molar-refractivity contribution in [1.29, 1.82) is 0 Å². The summed E-state index contributed by atoms with van der Waals surface area (Å²) in [4.78, 5) is 21.2. The maximum atomic E-state index is 10.7. The zero-order valence-corrected chi connectivity index (χ0v) is 7.19. The highest BCUT2D eigenvalue weighted by Gasteiger charge is 2.37. The van der Waals surface area contributed by atoms with Crippen LogP contribution in [0, 0.1) is 17.8 Å². The van der Waals surface area contributed by atoms with Crippen LogP contribution in [0.2, 0.25) is 0 Å². The molecule has 0 aromatic heterocycles. The van der Waals surface area contributed by atoms with E-state index in [-0.39, 0.29) is 17.8 Å². The largest absolute Gasteiger partial charge is 0.481 e. The molecule has 0 aromatic rings. The maximum absolute atomic E-state index is 10.7. The lowest BCUT2D eigenvalue weighted by Gasteiger charge is -2.11. The van der Waals surface area contributed by atoms with Gasteiger partial charge in [-0.2, -0.15) is 0 Å². The molecule has 1 aliphatic rings. The van der Waals surface area contributed by atoms with E-state index in [0.717, 1.165) is 19.1 Å². The topological polar surface area (TPSA) is 54.4 Å². The molecule has 1 fully saturated rings. The normalized spacial score (nSPS) is 34.9. The van der Waals surface area contributed by atoms with Crippen molar-refractivity contribution in [2.24, 2.45) is 17.8 Å². The number of hydrogen-bond acceptors (Lipinski definition) is 2. The number of aldehydes is 1. The van der Waals surface area contributed by atoms with E-state index in [1.807, 2.05) is 6.92 Å². The van der Waals surface area contributed by atoms with E-state index in [2.05, 4.69) is 0 Å². The maximum Gasteiger partial charge on any atom is 0.306 e. The average molecular weight is 170 g/mol. The van der Waals surface area contributed by atoms with E-state index in [0.29, 0.717) is 6.42 Å². The summed E-state index contributed by atoms with van der Waals surface area (Å²) >= 11 is 0. The van der Waals surface area contributed by atoms with Crippen LogP contribution < -0.4 is 0 Å². The molecule has 0 aliphatic heterocycles. The Bertz CT molecular complexity index is 188. The number of carbonyl (C=O) groups excluding carboxylic acids is 1. The summed E-state index contributed by atoms with van der Waals surface area (Å²) in [5.41, 5.74) is 0. The molecule has 0 heterocycles. The molecule has 1 aliphatic carbocycles. The molecule has 1 rings (SSSR count). The van der Waals surface area contributed by atoms with Gasteiger partial charge in [-0.05, 0) is 18.8 Å². The Morgan fingerprint density at radius 1 is 1.58 bits per heavy atom. The predicted octanol–water partition coefficient (Wildman–Crippen LogP) is 1.32. The lowest BCUT2D eigenvalue weighted by molar-refractivity contribution is -0.143. The minimum Gasteiger partial charge on any atom is -0.481 e. The van der Waals surface area contributed by atoms with Crippen LogP contribution in [0.3, 0.4) is 0 Å². The quantitative estimate of drug-likeness (QED) is 0.650. The molecule has 0 bridgehead atoms. The molecule has 0 amide bonds. The minimum atomic E-state index is -0.744. The zero-order valence-electron chi connectivity index (χ0n) is 7.19. The van der Waals surface area contributed by atoms with Crippen molar-refractivity contribution in [3.63, 3.8) is 0 Å². The number of carboxylic acids is 1. The van der Waals surface area contributed by atoms with E-state index in [1.54, 1.807) is 0 Å². The summed E-state index contributed by atoms with van der Waals surface area (Å²) in [6.07, 6.45) is 3.06. The SMILES string of the molecule is CCC1CC(C=O)CC1C(=O)O. The first-order valence-corrected chi connectivity index (χ1v) is 4.37. The highest BCUT2D eigenvalue weighted by molar-refractivity contribution is 5.72. The third-order valence-electron chi connectivity index (χ3n) is 2.77. The Labute approximate surface area is 71.8 Å². The van der Waals surface area contributed by atoms with Gasteiger partial charge in [-0.3, -0.25) is 4.79 Å². The second kappa shape index (κ2) is 3.70. The molecule has 0 spiro atoms. The van der Waals surface area contributed by atoms with Crippen molar-refractivity contribution in [2.75, 3.05) is 0 Å². The van der Waals surface area contributed by atoms with Crippen LogP contribution in [0.5, 0.6) is 0 Å². The van der Waals surface area contributed by atoms with Crippen LogP contribution in [0.25, 0.3) is 0 Å². The highest BCUT2D eigenvalue weighted by Crippen LogP contribution is 2.37. The first-order chi connectivity index (χ1) is 5.69. The van der Waals surface area contributed by atoms with Crippen molar-refractivity contribution in [2.45, 2.75) is 26.2 Å². The molecule has 3 atom stereocenters. The van der Waals surface area contributed by atoms with Gasteiger partial charge in [0.05, 0.1) is 5.92 Å². The van der Waals surface area contributed by atoms with Crippen LogP contribution in [0.4, 0.5) is 0 Å². The van der Waals surface area contributed by atoms with Crippen molar-refractivity contribution in [1.82, 2.24) is 0 Å². The van der Waals surface area contributed by atoms with Gasteiger partial charge in [0, 0.05) is 5.92 Å². The fourth-order valence-corrected chi connectivity index (χ4v) is 2.03. The van der Waals surface area contributed by atoms with Gasteiger partial charge in [-0.1, -0.05) is 13.3 Å². The van der Waals surface area contributed by atoms with E-state index in [9.17, 15) is 9.59 Å². The highest BCUT2D eigenvalue weighted by atomic mass is 16.4. The second-order valence-corrected chi connectivity index (χ2v) is 3.48. The van der Waals surface area contributed by atoms with Crippen molar-refractivity contribution < 1.29 is 14.7 Å². The van der Waals surface area contributed by atoms with E-state index < -0.39 is 5.97 Å². The van der Waals surface area contributed by atoms with Gasteiger partial charge in [0.2, 0.25) is 0 Å². The fraction of sp³-hybridized carbons (Fsp3) is 0.778. The summed E-state index contributed by atoms with van der Waals surface area (Å²) in [7, 11) is 0. The monoisotopic (exact) mass is 170 g/mol. The van der Waals surface area contributed by atoms with Gasteiger partial charge in [0.1, 0.15) is 6.29 Å². The summed E-state index contributed by atoms with van der Waals surface area (Å²) < 4.78 is 0. The molecule has 3 nitrogen and oxygen atoms in total. The molecule has 1 saturated carbocycles. The standard InChI is InChI=1S/C9H14O3/c1-2-7-3-6(5-10)4-8(7)9(11)12/h5-8H,2-4H2,1H3,(H,11,12). The molecular formula is C9H14O3. The molecule has 1 N–H and O–H groups in total. The van der Waals surface area contributed by atoms with E-state index >= 15 is 0 Å². The van der Waals surface area contributed by atoms with Crippen LogP contribution in [0.1, 0.15) is 26.2 Å². The molecule has 3 heteroatoms. The molecule has 3 unspecified atom stereocenters. The Hall–Kier alpha value is -0.860. The van der Waals surface area contributed by atoms with Crippen LogP contribution >= 0.6 is 0 Å². The molecule has 0 saturated heterocycles. The molecule has 0 radical (unpaired) electrons. The molecular weight excluding hydrogens is 156 g/mol. The number of aliphatic carboxylic acids is 1. The third-order valence-corrected chi connectivity index (χ3v) is 2.77. The molecule has 0 aromatic carbocycles. The lowest BCUT2D eigenvalue weighted by Crippen LogP contribution is -2.17. The number of carboxylic acid groups (broad SMARTS) is 1. The first kappa shape index (κ1) is 9.23. The van der Waals surface area contributed by atoms with Gasteiger partial charge in [0.25, 0.3) is 0 Å². The van der Waals surface area contributed by atoms with Gasteiger partial charge in [0.15, 0.2) is 0 Å². The first-order valence-electron chi connectivity index (χ1n) is 4.37. The fourth-order valence-electron chi connectivity index (χ4n) is 2.03. The number of hydrogen-bond donors (Lipinski definition) is 1. The lowest BCUT2D eigenvalue weighted by atomic mass is 9.94. The zero-order chi connectivity index (χ0) is 9.14. The number of rotatable bonds is 3. The Morgan fingerprint density at radius 3 is 2.58 bits per heavy atom. The van der Waals surface area contributed by atoms with Crippen molar-refractivity contribution in [3.05, 3.63) is 0 Å². The predicted molar refractivity (Wildman–Crippen MR) is 43.7 cm³/mol. The van der Waals surface area contributed by atoms with Crippen LogP contribution in [0.15, 0.2) is 0 Å². The Morgan fingerprint density at radius 2 is 2.25 bits per heavy atom. The Balaban J connectivity index is 2.62. The summed E-state index contributed by atoms with van der Waals surface area (Å²) in [5.74, 6) is -0.842. The van der Waals surface area contributed by atoms with E-state index in [4.69, 9.17) is 5.11 Å². The van der Waals surface area contributed by atoms with Gasteiger partial charge < -0.3 is 9.90 Å². The number of carbonyl (C=O) groups is 2. The summed E-state index contributed by atoms with van der Waals surface area (Å²) in [6.45, 7) is 1.98. The van der Waals surface area contributed by atoms with Crippen LogP contribution in [-0.2, 0) is 9.59 Å². The second-order valence-electron chi connectivity index (χ2n) is 3.48. The third kappa shape index (κ3) is 1.65. The summed E-state index contributed by atoms with van der Waals surface area (Å²) in [5, 5.41) is 8.81. The Kier molecular flexibility index (Phi) is 2.84. The average Bonchev–Trinajstić information content (AvgIpc) is 2.47.